The highest BCUT2D eigenvalue weighted by Gasteiger charge is 2.22. The standard InChI is InChI=1S/C36H22N8O10S2/c45-43(46)25-9-13-27(14-10-25)55(49,50)53-33-19-17-31(29-3-1-21-37-35(29)33)41-39-23-5-7-24(8-6-23)40-42-32-18-20-34(36-30(32)4-2-22-38-36)54-56(51,52)28-15-11-26(12-16-28)44(47)48/h1-22H. The maximum Gasteiger partial charge on any atom is 0.339 e. The molecule has 0 atom stereocenters. The van der Waals surface area contributed by atoms with E-state index < -0.39 is 30.1 Å². The summed E-state index contributed by atoms with van der Waals surface area (Å²) in [6.45, 7) is 0. The molecule has 20 heteroatoms. The molecule has 0 N–H and O–H groups in total. The minimum atomic E-state index is -4.35. The molecule has 5 aromatic carbocycles. The lowest BCUT2D eigenvalue weighted by Gasteiger charge is -2.10. The number of non-ortho nitro benzene ring substituents is 2. The predicted octanol–water partition coefficient (Wildman–Crippen LogP) is 8.97. The van der Waals surface area contributed by atoms with E-state index in [0.29, 0.717) is 33.5 Å². The number of nitrogens with zero attached hydrogens (tertiary/aromatic N) is 8. The van der Waals surface area contributed by atoms with Gasteiger partial charge < -0.3 is 8.37 Å². The van der Waals surface area contributed by atoms with E-state index in [1.54, 1.807) is 48.5 Å². The molecular weight excluding hydrogens is 769 g/mol. The second-order valence-electron chi connectivity index (χ2n) is 11.5. The van der Waals surface area contributed by atoms with Gasteiger partial charge in [0.25, 0.3) is 11.4 Å². The van der Waals surface area contributed by atoms with Gasteiger partial charge in [-0.25, -0.2) is 0 Å². The summed E-state index contributed by atoms with van der Waals surface area (Å²) < 4.78 is 62.5. The number of hydrogen-bond donors (Lipinski definition) is 0. The zero-order chi connectivity index (χ0) is 39.5. The monoisotopic (exact) mass is 790 g/mol. The van der Waals surface area contributed by atoms with E-state index in [0.717, 1.165) is 48.5 Å². The molecule has 0 radical (unpaired) electrons. The highest BCUT2D eigenvalue weighted by molar-refractivity contribution is 7.87. The molecule has 0 saturated carbocycles. The van der Waals surface area contributed by atoms with Gasteiger partial charge in [-0.15, -0.1) is 10.2 Å². The first-order chi connectivity index (χ1) is 26.9. The Hall–Kier alpha value is -7.58. The summed E-state index contributed by atoms with van der Waals surface area (Å²) >= 11 is 0. The van der Waals surface area contributed by atoms with Crippen LogP contribution < -0.4 is 8.37 Å². The Balaban J connectivity index is 1.07. The Kier molecular flexibility index (Phi) is 9.88. The summed E-state index contributed by atoms with van der Waals surface area (Å²) in [5, 5.41) is 40.0. The lowest BCUT2D eigenvalue weighted by atomic mass is 10.2. The van der Waals surface area contributed by atoms with E-state index in [1.807, 2.05) is 0 Å². The van der Waals surface area contributed by atoms with Crippen LogP contribution in [0.4, 0.5) is 34.1 Å². The molecule has 2 heterocycles. The van der Waals surface area contributed by atoms with Crippen LogP contribution in [0.25, 0.3) is 21.8 Å². The smallest absolute Gasteiger partial charge is 0.339 e. The molecule has 18 nitrogen and oxygen atoms in total. The van der Waals surface area contributed by atoms with Crippen molar-refractivity contribution in [3.05, 3.63) is 154 Å². The molecular formula is C36H22N8O10S2. The van der Waals surface area contributed by atoms with Crippen LogP contribution >= 0.6 is 0 Å². The van der Waals surface area contributed by atoms with Crippen molar-refractivity contribution in [1.82, 2.24) is 9.97 Å². The molecule has 0 saturated heterocycles. The van der Waals surface area contributed by atoms with Gasteiger partial charge in [-0.2, -0.15) is 27.1 Å². The van der Waals surface area contributed by atoms with Gasteiger partial charge in [0, 0.05) is 47.4 Å². The Morgan fingerprint density at radius 3 is 1.21 bits per heavy atom. The van der Waals surface area contributed by atoms with E-state index >= 15 is 0 Å². The second-order valence-corrected chi connectivity index (χ2v) is 14.6. The lowest BCUT2D eigenvalue weighted by molar-refractivity contribution is -0.385. The van der Waals surface area contributed by atoms with Gasteiger partial charge in [-0.1, -0.05) is 0 Å². The van der Waals surface area contributed by atoms with Gasteiger partial charge in [-0.3, -0.25) is 30.2 Å². The first kappa shape index (κ1) is 36.8. The van der Waals surface area contributed by atoms with E-state index in [-0.39, 0.29) is 43.7 Å². The van der Waals surface area contributed by atoms with Crippen LogP contribution in [-0.2, 0) is 20.2 Å². The third-order valence-corrected chi connectivity index (χ3v) is 10.4. The molecule has 2 aromatic heterocycles. The van der Waals surface area contributed by atoms with Gasteiger partial charge in [0.05, 0.1) is 32.6 Å². The first-order valence-electron chi connectivity index (χ1n) is 15.9. The number of nitro groups is 2. The van der Waals surface area contributed by atoms with Crippen molar-refractivity contribution in [2.75, 3.05) is 0 Å². The highest BCUT2D eigenvalue weighted by Crippen LogP contribution is 2.36. The van der Waals surface area contributed by atoms with Crippen molar-refractivity contribution in [2.45, 2.75) is 9.79 Å². The number of pyridine rings is 2. The fourth-order valence-electron chi connectivity index (χ4n) is 5.18. The topological polar surface area (TPSA) is 248 Å². The number of hydrogen-bond acceptors (Lipinski definition) is 16. The van der Waals surface area contributed by atoms with Crippen molar-refractivity contribution >= 4 is 76.2 Å². The average Bonchev–Trinajstić information content (AvgIpc) is 3.20. The number of aromatic nitrogens is 2. The third-order valence-electron chi connectivity index (χ3n) is 7.89. The summed E-state index contributed by atoms with van der Waals surface area (Å²) in [5.41, 5.74) is 1.48. The predicted molar refractivity (Wildman–Crippen MR) is 200 cm³/mol. The van der Waals surface area contributed by atoms with Gasteiger partial charge in [0.2, 0.25) is 0 Å². The molecule has 0 aliphatic heterocycles. The number of benzene rings is 5. The maximum atomic E-state index is 12.9. The van der Waals surface area contributed by atoms with Crippen molar-refractivity contribution in [1.29, 1.82) is 0 Å². The molecule has 0 amide bonds. The van der Waals surface area contributed by atoms with Crippen molar-refractivity contribution in [3.8, 4) is 11.5 Å². The van der Waals surface area contributed by atoms with E-state index in [4.69, 9.17) is 8.37 Å². The average molecular weight is 791 g/mol. The molecule has 7 aromatic rings. The summed E-state index contributed by atoms with van der Waals surface area (Å²) in [6, 6.07) is 27.5. The summed E-state index contributed by atoms with van der Waals surface area (Å²) in [6.07, 6.45) is 2.91. The minimum absolute atomic E-state index is 0.0781. The molecule has 0 bridgehead atoms. The van der Waals surface area contributed by atoms with Crippen molar-refractivity contribution in [2.24, 2.45) is 20.5 Å². The van der Waals surface area contributed by atoms with Gasteiger partial charge in [-0.05, 0) is 97.1 Å². The molecule has 56 heavy (non-hydrogen) atoms. The molecule has 0 fully saturated rings. The second kappa shape index (κ2) is 15.0. The van der Waals surface area contributed by atoms with Crippen LogP contribution in [-0.4, -0.2) is 36.7 Å². The Morgan fingerprint density at radius 1 is 0.482 bits per heavy atom. The van der Waals surface area contributed by atoms with E-state index in [2.05, 4.69) is 30.4 Å². The van der Waals surface area contributed by atoms with Crippen molar-refractivity contribution in [3.63, 3.8) is 0 Å². The van der Waals surface area contributed by atoms with Gasteiger partial charge in [0.1, 0.15) is 20.8 Å². The largest absolute Gasteiger partial charge is 0.377 e. The van der Waals surface area contributed by atoms with E-state index in [1.165, 1.54) is 36.7 Å². The first-order valence-corrected chi connectivity index (χ1v) is 18.8. The third kappa shape index (κ3) is 7.85. The lowest BCUT2D eigenvalue weighted by Crippen LogP contribution is -2.10. The summed E-state index contributed by atoms with van der Waals surface area (Å²) in [7, 11) is -8.71. The Labute approximate surface area is 316 Å². The van der Waals surface area contributed by atoms with Crippen LogP contribution in [0.15, 0.2) is 164 Å². The van der Waals surface area contributed by atoms with Crippen LogP contribution in [0.5, 0.6) is 11.5 Å². The highest BCUT2D eigenvalue weighted by atomic mass is 32.2. The number of rotatable bonds is 12. The van der Waals surface area contributed by atoms with Crippen molar-refractivity contribution < 1.29 is 35.0 Å². The fourth-order valence-corrected chi connectivity index (χ4v) is 7.06. The molecule has 7 rings (SSSR count). The fraction of sp³-hybridized carbons (Fsp3) is 0. The number of fused-ring (bicyclic) bond motifs is 2. The molecule has 0 aliphatic carbocycles. The summed E-state index contributed by atoms with van der Waals surface area (Å²) in [4.78, 5) is 28.6. The SMILES string of the molecule is O=[N+]([O-])c1ccc(S(=O)(=O)Oc2ccc(N=Nc3ccc(N=Nc4ccc(OS(=O)(=O)c5ccc([N+](=O)[O-])cc5)c5ncccc45)cc3)c3cccnc23)cc1. The Bertz CT molecular complexity index is 2740. The molecule has 0 spiro atoms. The normalized spacial score (nSPS) is 12.0. The number of nitro benzene ring substituents is 2. The number of azo groups is 2. The van der Waals surface area contributed by atoms with Crippen LogP contribution in [0.3, 0.4) is 0 Å². The quantitative estimate of drug-likeness (QED) is 0.0487. The van der Waals surface area contributed by atoms with Gasteiger partial charge >= 0.3 is 20.2 Å². The molecule has 0 aliphatic rings. The minimum Gasteiger partial charge on any atom is -0.377 e. The molecule has 0 unspecified atom stereocenters. The zero-order valence-electron chi connectivity index (χ0n) is 28.2. The van der Waals surface area contributed by atoms with E-state index in [9.17, 15) is 37.1 Å². The van der Waals surface area contributed by atoms with Crippen LogP contribution in [0.1, 0.15) is 0 Å². The van der Waals surface area contributed by atoms with Gasteiger partial charge in [0.15, 0.2) is 11.5 Å². The molecule has 278 valence electrons. The van der Waals surface area contributed by atoms with Crippen LogP contribution in [0, 0.1) is 20.2 Å². The summed E-state index contributed by atoms with van der Waals surface area (Å²) in [5.74, 6) is -0.156. The zero-order valence-corrected chi connectivity index (χ0v) is 29.8. The Morgan fingerprint density at radius 2 is 0.857 bits per heavy atom. The maximum absolute atomic E-state index is 12.9. The van der Waals surface area contributed by atoms with Crippen LogP contribution in [0.2, 0.25) is 0 Å².